The Kier molecular flexibility index (Phi) is 6.49. The summed E-state index contributed by atoms with van der Waals surface area (Å²) in [5, 5.41) is 3.35. The van der Waals surface area contributed by atoms with Crippen molar-refractivity contribution >= 4 is 22.5 Å². The van der Waals surface area contributed by atoms with E-state index in [9.17, 15) is 13.6 Å². The van der Waals surface area contributed by atoms with Crippen LogP contribution in [0.25, 0.3) is 22.2 Å². The lowest BCUT2D eigenvalue weighted by Crippen LogP contribution is -2.29. The number of hydrogen-bond donors (Lipinski definition) is 1. The Hall–Kier alpha value is -3.72. The van der Waals surface area contributed by atoms with Crippen molar-refractivity contribution in [3.05, 3.63) is 76.5 Å². The number of likely N-dealkylation sites (tertiary alicyclic amines) is 1. The van der Waals surface area contributed by atoms with Crippen LogP contribution in [0.4, 0.5) is 20.4 Å². The van der Waals surface area contributed by atoms with E-state index >= 15 is 0 Å². The van der Waals surface area contributed by atoms with E-state index in [1.165, 1.54) is 22.8 Å². The number of pyridine rings is 2. The molecule has 5 rings (SSSR count). The number of halogens is 2. The summed E-state index contributed by atoms with van der Waals surface area (Å²) in [5.74, 6) is -0.646. The molecule has 1 fully saturated rings. The van der Waals surface area contributed by atoms with Crippen LogP contribution >= 0.6 is 0 Å². The molecular formula is C27H28F2N6O. The van der Waals surface area contributed by atoms with Crippen LogP contribution in [-0.2, 0) is 0 Å². The molecule has 3 aromatic heterocycles. The predicted octanol–water partition coefficient (Wildman–Crippen LogP) is 5.27. The first-order valence-corrected chi connectivity index (χ1v) is 12.1. The molecule has 36 heavy (non-hydrogen) atoms. The summed E-state index contributed by atoms with van der Waals surface area (Å²) in [6.07, 6.45) is 4.92. The Bertz CT molecular complexity index is 1460. The summed E-state index contributed by atoms with van der Waals surface area (Å²) in [6, 6.07) is 9.30. The Balaban J connectivity index is 1.45. The quantitative estimate of drug-likeness (QED) is 0.411. The second-order valence-corrected chi connectivity index (χ2v) is 9.59. The first kappa shape index (κ1) is 24.0. The van der Waals surface area contributed by atoms with Gasteiger partial charge in [-0.1, -0.05) is 0 Å². The Morgan fingerprint density at radius 2 is 1.78 bits per heavy atom. The number of nitrogens with one attached hydrogen (secondary N) is 1. The maximum Gasteiger partial charge on any atom is 0.251 e. The van der Waals surface area contributed by atoms with Crippen molar-refractivity contribution in [1.82, 2.24) is 24.4 Å². The minimum Gasteiger partial charge on any atom is -0.323 e. The van der Waals surface area contributed by atoms with Gasteiger partial charge in [-0.05, 0) is 77.2 Å². The van der Waals surface area contributed by atoms with Crippen LogP contribution in [0.15, 0.2) is 53.6 Å². The van der Waals surface area contributed by atoms with Crippen LogP contribution < -0.4 is 10.9 Å². The molecule has 0 aliphatic carbocycles. The molecule has 186 valence electrons. The van der Waals surface area contributed by atoms with E-state index in [0.717, 1.165) is 37.8 Å². The van der Waals surface area contributed by atoms with Crippen molar-refractivity contribution in [3.8, 4) is 11.3 Å². The largest absolute Gasteiger partial charge is 0.323 e. The smallest absolute Gasteiger partial charge is 0.251 e. The number of benzene rings is 1. The van der Waals surface area contributed by atoms with Crippen molar-refractivity contribution in [2.45, 2.75) is 38.6 Å². The van der Waals surface area contributed by atoms with E-state index in [2.05, 4.69) is 32.2 Å². The zero-order chi connectivity index (χ0) is 25.4. The molecule has 0 spiro atoms. The van der Waals surface area contributed by atoms with Crippen LogP contribution in [-0.4, -0.2) is 44.6 Å². The van der Waals surface area contributed by atoms with Crippen molar-refractivity contribution in [2.24, 2.45) is 0 Å². The van der Waals surface area contributed by atoms with E-state index in [4.69, 9.17) is 0 Å². The average molecular weight is 491 g/mol. The third-order valence-corrected chi connectivity index (χ3v) is 6.71. The summed E-state index contributed by atoms with van der Waals surface area (Å²) in [4.78, 5) is 27.7. The molecule has 0 radical (unpaired) electrons. The van der Waals surface area contributed by atoms with Gasteiger partial charge in [0, 0.05) is 34.7 Å². The normalized spacial score (nSPS) is 15.1. The standard InChI is InChI=1S/C27H28F2N6O/c1-16(2)35-24-13-18(12-21(28)20(24)5-7-25(35)36)26-22(29)15-31-27(33-26)32-19-4-6-23(30-14-19)17-8-10-34(3)11-9-17/h4-7,12-17H,8-11H2,1-3H3,(H,31,32,33). The molecule has 0 bridgehead atoms. The Morgan fingerprint density at radius 3 is 2.47 bits per heavy atom. The molecule has 1 aromatic carbocycles. The van der Waals surface area contributed by atoms with Gasteiger partial charge in [-0.3, -0.25) is 9.78 Å². The molecule has 1 aliphatic rings. The predicted molar refractivity (Wildman–Crippen MR) is 137 cm³/mol. The summed E-state index contributed by atoms with van der Waals surface area (Å²) in [7, 11) is 2.13. The van der Waals surface area contributed by atoms with Gasteiger partial charge in [0.05, 0.1) is 23.6 Å². The van der Waals surface area contributed by atoms with E-state index in [0.29, 0.717) is 17.1 Å². The number of fused-ring (bicyclic) bond motifs is 1. The maximum atomic E-state index is 15.0. The SMILES string of the molecule is CC(C)n1c(=O)ccc2c(F)cc(-c3nc(Nc4ccc(C5CCN(C)CC5)nc4)ncc3F)cc21. The topological polar surface area (TPSA) is 75.9 Å². The molecule has 1 saturated heterocycles. The number of piperidine rings is 1. The molecule has 0 atom stereocenters. The molecular weight excluding hydrogens is 462 g/mol. The van der Waals surface area contributed by atoms with Gasteiger partial charge in [0.25, 0.3) is 5.56 Å². The second-order valence-electron chi connectivity index (χ2n) is 9.59. The second kappa shape index (κ2) is 9.73. The van der Waals surface area contributed by atoms with Crippen LogP contribution in [0.1, 0.15) is 44.3 Å². The van der Waals surface area contributed by atoms with Crippen molar-refractivity contribution < 1.29 is 8.78 Å². The molecule has 4 aromatic rings. The van der Waals surface area contributed by atoms with E-state index < -0.39 is 11.6 Å². The zero-order valence-electron chi connectivity index (χ0n) is 20.5. The lowest BCUT2D eigenvalue weighted by molar-refractivity contribution is 0.253. The summed E-state index contributed by atoms with van der Waals surface area (Å²) in [5.41, 5.74) is 2.01. The molecule has 1 aliphatic heterocycles. The monoisotopic (exact) mass is 490 g/mol. The van der Waals surface area contributed by atoms with Gasteiger partial charge in [-0.25, -0.2) is 18.7 Å². The molecule has 0 saturated carbocycles. The fourth-order valence-electron chi connectivity index (χ4n) is 4.77. The summed E-state index contributed by atoms with van der Waals surface area (Å²) >= 11 is 0. The number of hydrogen-bond acceptors (Lipinski definition) is 6. The van der Waals surface area contributed by atoms with Gasteiger partial charge in [-0.2, -0.15) is 0 Å². The minimum absolute atomic E-state index is 0.0594. The summed E-state index contributed by atoms with van der Waals surface area (Å²) < 4.78 is 31.3. The van der Waals surface area contributed by atoms with Gasteiger partial charge in [0.15, 0.2) is 5.82 Å². The Labute approximate surface area is 207 Å². The van der Waals surface area contributed by atoms with Crippen LogP contribution in [0.3, 0.4) is 0 Å². The number of rotatable bonds is 5. The minimum atomic E-state index is -0.690. The first-order chi connectivity index (χ1) is 17.3. The Morgan fingerprint density at radius 1 is 1.00 bits per heavy atom. The lowest BCUT2D eigenvalue weighted by atomic mass is 9.93. The highest BCUT2D eigenvalue weighted by molar-refractivity contribution is 5.85. The fourth-order valence-corrected chi connectivity index (χ4v) is 4.77. The van der Waals surface area contributed by atoms with Crippen molar-refractivity contribution in [2.75, 3.05) is 25.5 Å². The van der Waals surface area contributed by atoms with E-state index in [1.54, 1.807) is 12.3 Å². The van der Waals surface area contributed by atoms with Crippen molar-refractivity contribution in [1.29, 1.82) is 0 Å². The maximum absolute atomic E-state index is 15.0. The molecule has 7 nitrogen and oxygen atoms in total. The highest BCUT2D eigenvalue weighted by Gasteiger charge is 2.20. The van der Waals surface area contributed by atoms with Crippen LogP contribution in [0.2, 0.25) is 0 Å². The van der Waals surface area contributed by atoms with Gasteiger partial charge in [0.1, 0.15) is 11.5 Å². The molecule has 9 heteroatoms. The van der Waals surface area contributed by atoms with Gasteiger partial charge < -0.3 is 14.8 Å². The first-order valence-electron chi connectivity index (χ1n) is 12.1. The molecule has 0 unspecified atom stereocenters. The fraction of sp³-hybridized carbons (Fsp3) is 0.333. The van der Waals surface area contributed by atoms with Crippen molar-refractivity contribution in [3.63, 3.8) is 0 Å². The number of anilines is 2. The van der Waals surface area contributed by atoms with Crippen LogP contribution in [0, 0.1) is 11.6 Å². The van der Waals surface area contributed by atoms with Gasteiger partial charge >= 0.3 is 0 Å². The van der Waals surface area contributed by atoms with E-state index in [-0.39, 0.29) is 34.2 Å². The van der Waals surface area contributed by atoms with Gasteiger partial charge in [0.2, 0.25) is 5.95 Å². The molecule has 4 heterocycles. The van der Waals surface area contributed by atoms with Gasteiger partial charge in [-0.15, -0.1) is 0 Å². The number of aromatic nitrogens is 4. The molecule has 0 amide bonds. The summed E-state index contributed by atoms with van der Waals surface area (Å²) in [6.45, 7) is 5.79. The van der Waals surface area contributed by atoms with E-state index in [1.807, 2.05) is 26.0 Å². The zero-order valence-corrected chi connectivity index (χ0v) is 20.5. The van der Waals surface area contributed by atoms with Crippen LogP contribution in [0.5, 0.6) is 0 Å². The highest BCUT2D eigenvalue weighted by atomic mass is 19.1. The average Bonchev–Trinajstić information content (AvgIpc) is 2.85. The molecule has 1 N–H and O–H groups in total. The lowest BCUT2D eigenvalue weighted by Gasteiger charge is -2.28. The number of nitrogens with zero attached hydrogens (tertiary/aromatic N) is 5. The highest BCUT2D eigenvalue weighted by Crippen LogP contribution is 2.30. The third-order valence-electron chi connectivity index (χ3n) is 6.71. The third kappa shape index (κ3) is 4.70.